The van der Waals surface area contributed by atoms with Gasteiger partial charge in [0.25, 0.3) is 0 Å². The van der Waals surface area contributed by atoms with Crippen molar-refractivity contribution in [3.05, 3.63) is 29.8 Å². The Morgan fingerprint density at radius 2 is 1.76 bits per heavy atom. The van der Waals surface area contributed by atoms with E-state index in [0.717, 1.165) is 18.4 Å². The van der Waals surface area contributed by atoms with E-state index in [4.69, 9.17) is 0 Å². The molecule has 0 spiro atoms. The molecule has 1 aromatic rings. The molecule has 4 heteroatoms. The molecule has 1 atom stereocenters. The van der Waals surface area contributed by atoms with Crippen molar-refractivity contribution >= 4 is 10.0 Å². The highest BCUT2D eigenvalue weighted by atomic mass is 32.2. The normalized spacial score (nSPS) is 12.8. The summed E-state index contributed by atoms with van der Waals surface area (Å²) in [6.07, 6.45) is 2.42. The smallest absolute Gasteiger partial charge is 0.207 e. The van der Waals surface area contributed by atoms with Crippen LogP contribution in [0.5, 0.6) is 0 Å². The van der Waals surface area contributed by atoms with Gasteiger partial charge < -0.3 is 0 Å². The lowest BCUT2D eigenvalue weighted by molar-refractivity contribution is 0.455. The van der Waals surface area contributed by atoms with E-state index in [0.29, 0.717) is 11.3 Å². The maximum Gasteiger partial charge on any atom is 0.240 e. The summed E-state index contributed by atoms with van der Waals surface area (Å²) in [6.45, 7) is 8.02. The number of hydrogen-bond acceptors (Lipinski definition) is 2. The predicted molar refractivity (Wildman–Crippen MR) is 87.4 cm³/mol. The molecule has 0 aromatic heterocycles. The summed E-state index contributed by atoms with van der Waals surface area (Å²) < 4.78 is 27.6. The van der Waals surface area contributed by atoms with E-state index in [1.807, 2.05) is 20.8 Å². The molecule has 0 aliphatic heterocycles. The lowest BCUT2D eigenvalue weighted by Crippen LogP contribution is -2.38. The first kappa shape index (κ1) is 17.7. The van der Waals surface area contributed by atoms with Gasteiger partial charge in [0.1, 0.15) is 0 Å². The van der Waals surface area contributed by atoms with Crippen molar-refractivity contribution in [2.75, 3.05) is 0 Å². The van der Waals surface area contributed by atoms with Gasteiger partial charge >= 0.3 is 0 Å². The first-order valence-corrected chi connectivity index (χ1v) is 8.90. The summed E-state index contributed by atoms with van der Waals surface area (Å²) in [6, 6.07) is 6.72. The molecule has 0 saturated carbocycles. The highest BCUT2D eigenvalue weighted by Crippen LogP contribution is 2.14. The average Bonchev–Trinajstić information content (AvgIpc) is 2.42. The van der Waals surface area contributed by atoms with Gasteiger partial charge in [-0.15, -0.1) is 11.8 Å². The first-order chi connectivity index (χ1) is 9.86. The van der Waals surface area contributed by atoms with Gasteiger partial charge in [-0.1, -0.05) is 38.5 Å². The van der Waals surface area contributed by atoms with Gasteiger partial charge in [-0.2, -0.15) is 0 Å². The second-order valence-electron chi connectivity index (χ2n) is 5.59. The molecular weight excluding hydrogens is 282 g/mol. The van der Waals surface area contributed by atoms with E-state index in [1.54, 1.807) is 24.3 Å². The lowest BCUT2D eigenvalue weighted by Gasteiger charge is -2.20. The Morgan fingerprint density at radius 1 is 1.14 bits per heavy atom. The third-order valence-electron chi connectivity index (χ3n) is 3.26. The summed E-state index contributed by atoms with van der Waals surface area (Å²) in [5.41, 5.74) is 1.04. The Bertz CT molecular complexity index is 592. The van der Waals surface area contributed by atoms with Crippen LogP contribution in [0.15, 0.2) is 29.2 Å². The number of rotatable bonds is 6. The number of nitrogens with one attached hydrogen (secondary N) is 1. The van der Waals surface area contributed by atoms with Crippen molar-refractivity contribution in [2.24, 2.45) is 5.92 Å². The molecule has 3 nitrogen and oxygen atoms in total. The highest BCUT2D eigenvalue weighted by molar-refractivity contribution is 7.89. The van der Waals surface area contributed by atoms with Crippen molar-refractivity contribution < 1.29 is 8.42 Å². The lowest BCUT2D eigenvalue weighted by atomic mass is 10.0. The van der Waals surface area contributed by atoms with Crippen LogP contribution in [0, 0.1) is 24.7 Å². The van der Waals surface area contributed by atoms with Crippen LogP contribution in [0.1, 0.15) is 45.6 Å². The largest absolute Gasteiger partial charge is 0.240 e. The molecule has 1 rings (SSSR count). The van der Waals surface area contributed by atoms with Gasteiger partial charge in [0, 0.05) is 18.9 Å². The van der Waals surface area contributed by atoms with Crippen LogP contribution in [-0.2, 0) is 10.0 Å². The van der Waals surface area contributed by atoms with Crippen molar-refractivity contribution in [2.45, 2.75) is 57.9 Å². The summed E-state index contributed by atoms with van der Waals surface area (Å²) in [4.78, 5) is 0.306. The number of hydrogen-bond donors (Lipinski definition) is 1. The third-order valence-corrected chi connectivity index (χ3v) is 4.77. The zero-order chi connectivity index (χ0) is 15.9. The number of unbranched alkanes of at least 4 members (excludes halogenated alkanes) is 1. The van der Waals surface area contributed by atoms with Gasteiger partial charge in [0.15, 0.2) is 0 Å². The van der Waals surface area contributed by atoms with Crippen LogP contribution >= 0.6 is 0 Å². The molecule has 21 heavy (non-hydrogen) atoms. The summed E-state index contributed by atoms with van der Waals surface area (Å²) >= 11 is 0. The minimum atomic E-state index is -3.48. The zero-order valence-corrected chi connectivity index (χ0v) is 14.1. The van der Waals surface area contributed by atoms with Crippen LogP contribution in [0.2, 0.25) is 0 Å². The standard InChI is InChI=1S/C17H25NO2S/c1-5-6-7-8-9-17(14(2)3)18-21(19,20)16-12-10-15(4)11-13-16/h10-14,17-18H,5-6,9H2,1-4H3/t17-/m0/s1. The maximum absolute atomic E-state index is 12.4. The number of aryl methyl sites for hydroxylation is 1. The van der Waals surface area contributed by atoms with Crippen LogP contribution in [0.25, 0.3) is 0 Å². The van der Waals surface area contributed by atoms with Gasteiger partial charge in [-0.25, -0.2) is 13.1 Å². The Kier molecular flexibility index (Phi) is 6.94. The molecular formula is C17H25NO2S. The molecule has 116 valence electrons. The van der Waals surface area contributed by atoms with Gasteiger partial charge in [0.05, 0.1) is 4.90 Å². The van der Waals surface area contributed by atoms with Gasteiger partial charge in [-0.05, 0) is 31.4 Å². The molecule has 0 saturated heterocycles. The Morgan fingerprint density at radius 3 is 2.29 bits per heavy atom. The van der Waals surface area contributed by atoms with Crippen molar-refractivity contribution in [3.63, 3.8) is 0 Å². The van der Waals surface area contributed by atoms with E-state index >= 15 is 0 Å². The second-order valence-corrected chi connectivity index (χ2v) is 7.31. The summed E-state index contributed by atoms with van der Waals surface area (Å²) in [5.74, 6) is 6.34. The fourth-order valence-corrected chi connectivity index (χ4v) is 3.18. The molecule has 1 N–H and O–H groups in total. The number of sulfonamides is 1. The SMILES string of the molecule is CCCC#CC[C@H](NS(=O)(=O)c1ccc(C)cc1)C(C)C. The van der Waals surface area contributed by atoms with Gasteiger partial charge in [-0.3, -0.25) is 0 Å². The zero-order valence-electron chi connectivity index (χ0n) is 13.3. The minimum absolute atomic E-state index is 0.166. The van der Waals surface area contributed by atoms with Crippen molar-refractivity contribution in [1.29, 1.82) is 0 Å². The quantitative estimate of drug-likeness (QED) is 0.818. The topological polar surface area (TPSA) is 46.2 Å². The minimum Gasteiger partial charge on any atom is -0.207 e. The summed E-state index contributed by atoms with van der Waals surface area (Å²) in [7, 11) is -3.48. The fraction of sp³-hybridized carbons (Fsp3) is 0.529. The number of benzene rings is 1. The van der Waals surface area contributed by atoms with E-state index in [9.17, 15) is 8.42 Å². The van der Waals surface area contributed by atoms with Crippen LogP contribution in [-0.4, -0.2) is 14.5 Å². The highest BCUT2D eigenvalue weighted by Gasteiger charge is 2.21. The van der Waals surface area contributed by atoms with E-state index in [-0.39, 0.29) is 12.0 Å². The van der Waals surface area contributed by atoms with Crippen LogP contribution in [0.4, 0.5) is 0 Å². The molecule has 0 aliphatic rings. The van der Waals surface area contributed by atoms with E-state index in [2.05, 4.69) is 23.5 Å². The van der Waals surface area contributed by atoms with E-state index < -0.39 is 10.0 Å². The first-order valence-electron chi connectivity index (χ1n) is 7.41. The second kappa shape index (κ2) is 8.21. The molecule has 0 bridgehead atoms. The average molecular weight is 307 g/mol. The predicted octanol–water partition coefficient (Wildman–Crippen LogP) is 3.49. The Hall–Kier alpha value is -1.31. The Balaban J connectivity index is 2.83. The molecule has 0 heterocycles. The molecule has 0 radical (unpaired) electrons. The molecule has 0 fully saturated rings. The fourth-order valence-electron chi connectivity index (χ4n) is 1.79. The van der Waals surface area contributed by atoms with Crippen LogP contribution < -0.4 is 4.72 Å². The maximum atomic E-state index is 12.4. The molecule has 1 aromatic carbocycles. The molecule has 0 amide bonds. The van der Waals surface area contributed by atoms with Gasteiger partial charge in [0.2, 0.25) is 10.0 Å². The monoisotopic (exact) mass is 307 g/mol. The summed E-state index contributed by atoms with van der Waals surface area (Å²) in [5, 5.41) is 0. The van der Waals surface area contributed by atoms with Crippen LogP contribution in [0.3, 0.4) is 0 Å². The third kappa shape index (κ3) is 5.91. The van der Waals surface area contributed by atoms with E-state index in [1.165, 1.54) is 0 Å². The molecule has 0 unspecified atom stereocenters. The Labute approximate surface area is 129 Å². The van der Waals surface area contributed by atoms with Crippen molar-refractivity contribution in [3.8, 4) is 11.8 Å². The van der Waals surface area contributed by atoms with Crippen molar-refractivity contribution in [1.82, 2.24) is 4.72 Å². The molecule has 0 aliphatic carbocycles.